The minimum absolute atomic E-state index is 0.0651. The van der Waals surface area contributed by atoms with E-state index >= 15 is 0 Å². The highest BCUT2D eigenvalue weighted by Crippen LogP contribution is 2.27. The van der Waals surface area contributed by atoms with E-state index in [-0.39, 0.29) is 11.7 Å². The Hall–Kier alpha value is -2.90. The first-order chi connectivity index (χ1) is 12.1. The number of benzene rings is 1. The van der Waals surface area contributed by atoms with E-state index in [9.17, 15) is 9.59 Å². The summed E-state index contributed by atoms with van der Waals surface area (Å²) in [5, 5.41) is 16.3. The van der Waals surface area contributed by atoms with Crippen LogP contribution in [0, 0.1) is 0 Å². The van der Waals surface area contributed by atoms with Gasteiger partial charge >= 0.3 is 12.0 Å². The number of aromatic carboxylic acids is 1. The normalized spacial score (nSPS) is 19.5. The van der Waals surface area contributed by atoms with Crippen molar-refractivity contribution in [2.45, 2.75) is 32.0 Å². The molecule has 1 aromatic carbocycles. The molecule has 130 valence electrons. The predicted octanol–water partition coefficient (Wildman–Crippen LogP) is 1.42. The van der Waals surface area contributed by atoms with Crippen LogP contribution in [0.2, 0.25) is 0 Å². The van der Waals surface area contributed by atoms with Crippen LogP contribution >= 0.6 is 0 Å². The van der Waals surface area contributed by atoms with Crippen LogP contribution < -0.4 is 0 Å². The minimum atomic E-state index is -1.09. The van der Waals surface area contributed by atoms with Gasteiger partial charge in [-0.3, -0.25) is 0 Å². The Morgan fingerprint density at radius 2 is 1.92 bits per heavy atom. The monoisotopic (exact) mass is 341 g/mol. The Morgan fingerprint density at radius 3 is 2.56 bits per heavy atom. The quantitative estimate of drug-likeness (QED) is 0.888. The number of fused-ring (bicyclic) bond motifs is 1. The molecular weight excluding hydrogens is 322 g/mol. The second-order valence-electron chi connectivity index (χ2n) is 6.58. The van der Waals surface area contributed by atoms with Crippen molar-refractivity contribution in [2.75, 3.05) is 13.1 Å². The van der Waals surface area contributed by atoms with Crippen molar-refractivity contribution in [1.29, 1.82) is 0 Å². The highest BCUT2D eigenvalue weighted by atomic mass is 16.4. The summed E-state index contributed by atoms with van der Waals surface area (Å²) in [4.78, 5) is 27.1. The van der Waals surface area contributed by atoms with Gasteiger partial charge in [0.1, 0.15) is 0 Å². The van der Waals surface area contributed by atoms with Gasteiger partial charge < -0.3 is 14.9 Å². The van der Waals surface area contributed by atoms with Crippen molar-refractivity contribution in [3.05, 3.63) is 47.3 Å². The first-order valence-electron chi connectivity index (χ1n) is 8.37. The lowest BCUT2D eigenvalue weighted by Crippen LogP contribution is -2.31. The van der Waals surface area contributed by atoms with Crippen LogP contribution in [0.1, 0.15) is 34.5 Å². The van der Waals surface area contributed by atoms with Gasteiger partial charge in [-0.1, -0.05) is 29.5 Å². The first kappa shape index (κ1) is 15.6. The lowest BCUT2D eigenvalue weighted by Gasteiger charge is -2.17. The Morgan fingerprint density at radius 1 is 1.20 bits per heavy atom. The Kier molecular flexibility index (Phi) is 3.87. The van der Waals surface area contributed by atoms with Gasteiger partial charge in [-0.05, 0) is 24.0 Å². The summed E-state index contributed by atoms with van der Waals surface area (Å²) in [7, 11) is 0. The molecule has 25 heavy (non-hydrogen) atoms. The summed E-state index contributed by atoms with van der Waals surface area (Å²) in [5.41, 5.74) is 2.02. The van der Waals surface area contributed by atoms with Gasteiger partial charge in [0.25, 0.3) is 0 Å². The fourth-order valence-electron chi connectivity index (χ4n) is 3.55. The van der Waals surface area contributed by atoms with Crippen molar-refractivity contribution < 1.29 is 14.7 Å². The zero-order chi connectivity index (χ0) is 17.4. The highest BCUT2D eigenvalue weighted by Gasteiger charge is 2.39. The summed E-state index contributed by atoms with van der Waals surface area (Å²) in [6, 6.07) is 8.48. The van der Waals surface area contributed by atoms with Crippen LogP contribution in [0.15, 0.2) is 30.5 Å². The van der Waals surface area contributed by atoms with Gasteiger partial charge in [-0.25, -0.2) is 14.3 Å². The van der Waals surface area contributed by atoms with E-state index in [1.165, 1.54) is 10.9 Å². The molecule has 0 spiro atoms. The molecule has 2 saturated heterocycles. The number of amides is 2. The fraction of sp³-hybridized carbons (Fsp3) is 0.412. The average molecular weight is 341 g/mol. The maximum Gasteiger partial charge on any atom is 0.358 e. The smallest absolute Gasteiger partial charge is 0.358 e. The Balaban J connectivity index is 1.38. The van der Waals surface area contributed by atoms with E-state index in [1.807, 2.05) is 34.1 Å². The van der Waals surface area contributed by atoms with Gasteiger partial charge in [0.05, 0.1) is 18.8 Å². The van der Waals surface area contributed by atoms with E-state index < -0.39 is 5.97 Å². The number of urea groups is 1. The molecular formula is C17H19N5O3. The number of carbonyl (C=O) groups excluding carboxylic acids is 1. The minimum Gasteiger partial charge on any atom is -0.476 e. The van der Waals surface area contributed by atoms with E-state index in [0.29, 0.717) is 19.1 Å². The molecule has 8 nitrogen and oxygen atoms in total. The summed E-state index contributed by atoms with van der Waals surface area (Å²) < 4.78 is 1.50. The van der Waals surface area contributed by atoms with Crippen LogP contribution in [-0.4, -0.2) is 61.0 Å². The first-order valence-corrected chi connectivity index (χ1v) is 8.37. The molecule has 2 aliphatic heterocycles. The van der Waals surface area contributed by atoms with Crippen molar-refractivity contribution >= 4 is 12.0 Å². The fourth-order valence-corrected chi connectivity index (χ4v) is 3.55. The van der Waals surface area contributed by atoms with Crippen molar-refractivity contribution in [3.8, 4) is 0 Å². The number of hydrogen-bond acceptors (Lipinski definition) is 4. The zero-order valence-electron chi connectivity index (χ0n) is 13.7. The summed E-state index contributed by atoms with van der Waals surface area (Å²) in [6.07, 6.45) is 3.63. The Bertz CT molecular complexity index is 801. The standard InChI is InChI=1S/C17H19N5O3/c23-16(24)15-11-21(19-18-15)9-13-5-3-12(4-6-13)8-20-10-14-2-1-7-22(14)17(20)25/h3-6,11,14H,1-2,7-10H2,(H,23,24). The second kappa shape index (κ2) is 6.19. The lowest BCUT2D eigenvalue weighted by molar-refractivity contribution is 0.0690. The third-order valence-corrected chi connectivity index (χ3v) is 4.82. The van der Waals surface area contributed by atoms with Crippen molar-refractivity contribution in [1.82, 2.24) is 24.8 Å². The number of aromatic nitrogens is 3. The Labute approximate surface area is 144 Å². The van der Waals surface area contributed by atoms with Gasteiger partial charge in [0, 0.05) is 19.6 Å². The topological polar surface area (TPSA) is 91.6 Å². The van der Waals surface area contributed by atoms with E-state index in [1.54, 1.807) is 0 Å². The summed E-state index contributed by atoms with van der Waals surface area (Å²) in [5.74, 6) is -1.09. The highest BCUT2D eigenvalue weighted by molar-refractivity contribution is 5.84. The molecule has 2 fully saturated rings. The molecule has 1 unspecified atom stereocenters. The van der Waals surface area contributed by atoms with Crippen LogP contribution in [0.25, 0.3) is 0 Å². The number of hydrogen-bond donors (Lipinski definition) is 1. The summed E-state index contributed by atoms with van der Waals surface area (Å²) in [6.45, 7) is 2.78. The maximum absolute atomic E-state index is 12.3. The molecule has 0 saturated carbocycles. The lowest BCUT2D eigenvalue weighted by atomic mass is 10.1. The van der Waals surface area contributed by atoms with Crippen LogP contribution in [0.4, 0.5) is 4.79 Å². The largest absolute Gasteiger partial charge is 0.476 e. The number of carbonyl (C=O) groups is 2. The molecule has 0 bridgehead atoms. The summed E-state index contributed by atoms with van der Waals surface area (Å²) >= 11 is 0. The van der Waals surface area contributed by atoms with E-state index in [0.717, 1.165) is 37.1 Å². The molecule has 1 aromatic heterocycles. The predicted molar refractivity (Wildman–Crippen MR) is 88.1 cm³/mol. The van der Waals surface area contributed by atoms with Crippen molar-refractivity contribution in [2.24, 2.45) is 0 Å². The molecule has 2 aromatic rings. The van der Waals surface area contributed by atoms with Crippen LogP contribution in [0.5, 0.6) is 0 Å². The molecule has 3 heterocycles. The number of nitrogens with zero attached hydrogens (tertiary/aromatic N) is 5. The molecule has 0 radical (unpaired) electrons. The third kappa shape index (κ3) is 3.07. The van der Waals surface area contributed by atoms with Gasteiger partial charge in [-0.2, -0.15) is 0 Å². The molecule has 1 N–H and O–H groups in total. The van der Waals surface area contributed by atoms with E-state index in [4.69, 9.17) is 5.11 Å². The maximum atomic E-state index is 12.3. The number of rotatable bonds is 5. The SMILES string of the molecule is O=C(O)c1cn(Cc2ccc(CN3CC4CCCN4C3=O)cc2)nn1. The average Bonchev–Trinajstić information content (AvgIpc) is 3.29. The second-order valence-corrected chi connectivity index (χ2v) is 6.58. The van der Waals surface area contributed by atoms with Gasteiger partial charge in [0.15, 0.2) is 5.69 Å². The third-order valence-electron chi connectivity index (χ3n) is 4.82. The number of carboxylic acids is 1. The van der Waals surface area contributed by atoms with E-state index in [2.05, 4.69) is 10.3 Å². The van der Waals surface area contributed by atoms with Crippen LogP contribution in [0.3, 0.4) is 0 Å². The molecule has 0 aliphatic carbocycles. The van der Waals surface area contributed by atoms with Crippen LogP contribution in [-0.2, 0) is 13.1 Å². The molecule has 1 atom stereocenters. The van der Waals surface area contributed by atoms with Gasteiger partial charge in [-0.15, -0.1) is 5.10 Å². The molecule has 2 aliphatic rings. The molecule has 2 amide bonds. The van der Waals surface area contributed by atoms with Gasteiger partial charge in [0.2, 0.25) is 0 Å². The zero-order valence-corrected chi connectivity index (χ0v) is 13.7. The molecule has 4 rings (SSSR count). The van der Waals surface area contributed by atoms with Crippen molar-refractivity contribution in [3.63, 3.8) is 0 Å². The molecule has 8 heteroatoms. The number of carboxylic acid groups (broad SMARTS) is 1.